The first kappa shape index (κ1) is 18.1. The second-order valence-corrected chi connectivity index (χ2v) is 6.71. The number of carbonyl (C=O) groups excluding carboxylic acids is 1. The third-order valence-corrected chi connectivity index (χ3v) is 5.11. The van der Waals surface area contributed by atoms with Crippen LogP contribution in [0.5, 0.6) is 11.5 Å². The monoisotopic (exact) mass is 377 g/mol. The summed E-state index contributed by atoms with van der Waals surface area (Å²) in [5.74, 6) is 1.28. The van der Waals surface area contributed by atoms with Gasteiger partial charge in [-0.3, -0.25) is 4.79 Å². The molecule has 1 aliphatic heterocycles. The van der Waals surface area contributed by atoms with Crippen LogP contribution >= 0.6 is 0 Å². The Morgan fingerprint density at radius 1 is 0.929 bits per heavy atom. The number of benzene rings is 2. The van der Waals surface area contributed by atoms with Gasteiger partial charge in [-0.25, -0.2) is 4.98 Å². The molecular formula is C22H23N3O3. The number of hydrogen-bond donors (Lipinski definition) is 0. The summed E-state index contributed by atoms with van der Waals surface area (Å²) in [6.07, 6.45) is 0. The molecule has 0 saturated carbocycles. The molecule has 0 atom stereocenters. The highest BCUT2D eigenvalue weighted by molar-refractivity contribution is 5.97. The fourth-order valence-electron chi connectivity index (χ4n) is 3.55. The van der Waals surface area contributed by atoms with Gasteiger partial charge in [-0.2, -0.15) is 0 Å². The van der Waals surface area contributed by atoms with Crippen LogP contribution in [0.3, 0.4) is 0 Å². The summed E-state index contributed by atoms with van der Waals surface area (Å²) < 4.78 is 10.8. The van der Waals surface area contributed by atoms with Gasteiger partial charge in [-0.05, 0) is 30.3 Å². The number of fused-ring (bicyclic) bond motifs is 1. The van der Waals surface area contributed by atoms with Gasteiger partial charge in [0.05, 0.1) is 19.7 Å². The molecule has 6 nitrogen and oxygen atoms in total. The minimum absolute atomic E-state index is 0.0660. The average molecular weight is 377 g/mol. The molecule has 0 spiro atoms. The number of rotatable bonds is 4. The molecule has 1 aromatic heterocycles. The van der Waals surface area contributed by atoms with Crippen molar-refractivity contribution >= 4 is 22.5 Å². The Morgan fingerprint density at radius 2 is 1.68 bits per heavy atom. The summed E-state index contributed by atoms with van der Waals surface area (Å²) in [6.45, 7) is 2.94. The van der Waals surface area contributed by atoms with Crippen LogP contribution in [-0.2, 0) is 0 Å². The molecular weight excluding hydrogens is 354 g/mol. The lowest BCUT2D eigenvalue weighted by Gasteiger charge is -2.36. The van der Waals surface area contributed by atoms with E-state index in [0.717, 1.165) is 24.2 Å². The number of ether oxygens (including phenoxy) is 2. The average Bonchev–Trinajstić information content (AvgIpc) is 2.78. The molecule has 0 N–H and O–H groups in total. The summed E-state index contributed by atoms with van der Waals surface area (Å²) in [6, 6.07) is 17.5. The van der Waals surface area contributed by atoms with E-state index in [1.807, 2.05) is 41.3 Å². The maximum atomic E-state index is 13.0. The van der Waals surface area contributed by atoms with Crippen molar-refractivity contribution in [3.8, 4) is 11.5 Å². The van der Waals surface area contributed by atoms with Crippen molar-refractivity contribution in [2.75, 3.05) is 45.3 Å². The minimum Gasteiger partial charge on any atom is -0.497 e. The van der Waals surface area contributed by atoms with E-state index in [9.17, 15) is 4.79 Å². The van der Waals surface area contributed by atoms with E-state index in [-0.39, 0.29) is 5.91 Å². The highest BCUT2D eigenvalue weighted by Gasteiger charge is 2.24. The van der Waals surface area contributed by atoms with E-state index >= 15 is 0 Å². The molecule has 1 saturated heterocycles. The van der Waals surface area contributed by atoms with Crippen LogP contribution in [0, 0.1) is 0 Å². The van der Waals surface area contributed by atoms with E-state index in [0.29, 0.717) is 30.0 Å². The number of amides is 1. The van der Waals surface area contributed by atoms with Gasteiger partial charge in [-0.1, -0.05) is 18.2 Å². The lowest BCUT2D eigenvalue weighted by molar-refractivity contribution is 0.0741. The van der Waals surface area contributed by atoms with Crippen molar-refractivity contribution in [3.05, 3.63) is 60.3 Å². The number of methoxy groups -OCH3 is 2. The summed E-state index contributed by atoms with van der Waals surface area (Å²) in [4.78, 5) is 21.8. The number of para-hydroxylation sites is 1. The van der Waals surface area contributed by atoms with Gasteiger partial charge in [0.15, 0.2) is 0 Å². The molecule has 4 rings (SSSR count). The molecule has 144 valence electrons. The van der Waals surface area contributed by atoms with E-state index in [1.54, 1.807) is 20.3 Å². The molecule has 2 heterocycles. The zero-order valence-corrected chi connectivity index (χ0v) is 16.1. The number of anilines is 1. The van der Waals surface area contributed by atoms with Gasteiger partial charge in [0.2, 0.25) is 0 Å². The van der Waals surface area contributed by atoms with Crippen molar-refractivity contribution in [1.29, 1.82) is 0 Å². The van der Waals surface area contributed by atoms with Gasteiger partial charge in [0, 0.05) is 43.3 Å². The number of pyridine rings is 1. The van der Waals surface area contributed by atoms with Crippen molar-refractivity contribution in [3.63, 3.8) is 0 Å². The third-order valence-electron chi connectivity index (χ3n) is 5.11. The molecule has 0 radical (unpaired) electrons. The molecule has 3 aromatic rings. The van der Waals surface area contributed by atoms with Crippen molar-refractivity contribution in [1.82, 2.24) is 9.88 Å². The molecule has 28 heavy (non-hydrogen) atoms. The maximum absolute atomic E-state index is 13.0. The predicted molar refractivity (Wildman–Crippen MR) is 109 cm³/mol. The lowest BCUT2D eigenvalue weighted by Crippen LogP contribution is -2.49. The van der Waals surface area contributed by atoms with Gasteiger partial charge < -0.3 is 19.3 Å². The summed E-state index contributed by atoms with van der Waals surface area (Å²) in [5, 5.41) is 0.826. The lowest BCUT2D eigenvalue weighted by atomic mass is 10.1. The molecule has 1 amide bonds. The van der Waals surface area contributed by atoms with E-state index in [1.165, 1.54) is 5.69 Å². The third kappa shape index (κ3) is 3.45. The summed E-state index contributed by atoms with van der Waals surface area (Å²) in [7, 11) is 3.22. The van der Waals surface area contributed by atoms with Crippen molar-refractivity contribution in [2.45, 2.75) is 0 Å². The molecule has 0 bridgehead atoms. The largest absolute Gasteiger partial charge is 0.497 e. The van der Waals surface area contributed by atoms with Crippen molar-refractivity contribution in [2.24, 2.45) is 0 Å². The van der Waals surface area contributed by atoms with E-state index in [4.69, 9.17) is 9.47 Å². The van der Waals surface area contributed by atoms with Crippen LogP contribution < -0.4 is 14.4 Å². The molecule has 1 fully saturated rings. The zero-order valence-electron chi connectivity index (χ0n) is 16.1. The smallest absolute Gasteiger partial charge is 0.272 e. The maximum Gasteiger partial charge on any atom is 0.272 e. The quantitative estimate of drug-likeness (QED) is 0.699. The van der Waals surface area contributed by atoms with Crippen LogP contribution in [0.1, 0.15) is 10.5 Å². The summed E-state index contributed by atoms with van der Waals surface area (Å²) in [5.41, 5.74) is 2.31. The Balaban J connectivity index is 1.54. The van der Waals surface area contributed by atoms with Crippen LogP contribution in [0.15, 0.2) is 54.6 Å². The molecule has 1 aliphatic rings. The highest BCUT2D eigenvalue weighted by atomic mass is 16.5. The fraction of sp³-hybridized carbons (Fsp3) is 0.273. The number of nitrogens with zero attached hydrogens (tertiary/aromatic N) is 3. The highest BCUT2D eigenvalue weighted by Crippen LogP contribution is 2.29. The first-order chi connectivity index (χ1) is 13.7. The minimum atomic E-state index is -0.0660. The second kappa shape index (κ2) is 7.76. The van der Waals surface area contributed by atoms with Crippen LogP contribution in [0.2, 0.25) is 0 Å². The van der Waals surface area contributed by atoms with Crippen molar-refractivity contribution < 1.29 is 14.3 Å². The summed E-state index contributed by atoms with van der Waals surface area (Å²) >= 11 is 0. The van der Waals surface area contributed by atoms with Gasteiger partial charge in [-0.15, -0.1) is 0 Å². The van der Waals surface area contributed by atoms with Crippen LogP contribution in [-0.4, -0.2) is 56.2 Å². The predicted octanol–water partition coefficient (Wildman–Crippen LogP) is 3.21. The Morgan fingerprint density at radius 3 is 2.36 bits per heavy atom. The van der Waals surface area contributed by atoms with Crippen LogP contribution in [0.4, 0.5) is 5.69 Å². The Hall–Kier alpha value is -3.28. The second-order valence-electron chi connectivity index (χ2n) is 6.71. The number of hydrogen-bond acceptors (Lipinski definition) is 5. The number of piperazine rings is 1. The molecule has 6 heteroatoms. The Kier molecular flexibility index (Phi) is 5.02. The Labute approximate surface area is 164 Å². The van der Waals surface area contributed by atoms with Gasteiger partial charge in [0.25, 0.3) is 5.91 Å². The fourth-order valence-corrected chi connectivity index (χ4v) is 3.55. The topological polar surface area (TPSA) is 54.9 Å². The molecule has 2 aromatic carbocycles. The first-order valence-electron chi connectivity index (χ1n) is 9.31. The van der Waals surface area contributed by atoms with E-state index in [2.05, 4.69) is 22.0 Å². The first-order valence-corrected chi connectivity index (χ1v) is 9.31. The Bertz CT molecular complexity index is 983. The normalized spacial score (nSPS) is 14.2. The molecule has 0 aliphatic carbocycles. The van der Waals surface area contributed by atoms with Crippen LogP contribution in [0.25, 0.3) is 10.9 Å². The zero-order chi connectivity index (χ0) is 19.5. The number of aromatic nitrogens is 1. The number of carbonyl (C=O) groups is 1. The standard InChI is InChI=1S/C22H23N3O3/c1-27-17-8-9-19-18(14-17)21(28-2)15-20(23-19)22(26)25-12-10-24(11-13-25)16-6-4-3-5-7-16/h3-9,14-15H,10-13H2,1-2H3. The SMILES string of the molecule is COc1ccc2nc(C(=O)N3CCN(c4ccccc4)CC3)cc(OC)c2c1. The van der Waals surface area contributed by atoms with E-state index < -0.39 is 0 Å². The molecule has 0 unspecified atom stereocenters. The van der Waals surface area contributed by atoms with Gasteiger partial charge >= 0.3 is 0 Å². The van der Waals surface area contributed by atoms with Gasteiger partial charge in [0.1, 0.15) is 17.2 Å².